The van der Waals surface area contributed by atoms with Crippen LogP contribution in [0.2, 0.25) is 0 Å². The number of nitrogens with zero attached hydrogens (tertiary/aromatic N) is 2. The van der Waals surface area contributed by atoms with Crippen molar-refractivity contribution in [2.24, 2.45) is 11.8 Å². The number of carbonyl (C=O) groups is 2. The third kappa shape index (κ3) is 7.13. The molecule has 0 spiro atoms. The summed E-state index contributed by atoms with van der Waals surface area (Å²) in [5.74, 6) is 1.45. The second-order valence-electron chi connectivity index (χ2n) is 11.1. The number of urea groups is 1. The van der Waals surface area contributed by atoms with Gasteiger partial charge in [-0.2, -0.15) is 0 Å². The van der Waals surface area contributed by atoms with E-state index in [0.717, 1.165) is 44.7 Å². The van der Waals surface area contributed by atoms with Gasteiger partial charge in [0, 0.05) is 51.6 Å². The summed E-state index contributed by atoms with van der Waals surface area (Å²) in [7, 11) is 3.53. The number of fused-ring (bicyclic) bond motifs is 1. The maximum Gasteiger partial charge on any atom is 0.319 e. The monoisotopic (exact) mass is 500 g/mol. The van der Waals surface area contributed by atoms with Gasteiger partial charge in [-0.1, -0.05) is 26.2 Å². The van der Waals surface area contributed by atoms with E-state index in [1.807, 2.05) is 6.07 Å². The van der Waals surface area contributed by atoms with E-state index in [0.29, 0.717) is 30.2 Å². The molecule has 2 N–H and O–H groups in total. The normalized spacial score (nSPS) is 26.8. The Hall–Kier alpha value is -2.32. The van der Waals surface area contributed by atoms with Crippen molar-refractivity contribution < 1.29 is 19.1 Å². The Kier molecular flexibility index (Phi) is 9.12. The first-order valence-electron chi connectivity index (χ1n) is 13.7. The fourth-order valence-corrected chi connectivity index (χ4v) is 5.42. The summed E-state index contributed by atoms with van der Waals surface area (Å²) >= 11 is 0. The molecule has 4 rings (SSSR count). The van der Waals surface area contributed by atoms with Gasteiger partial charge in [-0.05, 0) is 62.6 Å². The standard InChI is InChI=1S/C28H44N4O4/c1-19-15-32(16-21-10-11-21)20(2)18-36-25-13-12-23(30-28(34)29-22-8-6-5-7-9-22)14-24(25)27(33)31(3)17-26(19)35-4/h12-14,19-22,26H,5-11,15-18H2,1-4H3,(H2,29,30,34)/t19-,20-,26+/m1/s1. The lowest BCUT2D eigenvalue weighted by Crippen LogP contribution is -2.47. The van der Waals surface area contributed by atoms with E-state index < -0.39 is 0 Å². The van der Waals surface area contributed by atoms with E-state index in [1.54, 1.807) is 31.2 Å². The number of nitrogens with one attached hydrogen (secondary N) is 2. The number of benzene rings is 1. The molecule has 1 heterocycles. The first kappa shape index (κ1) is 26.7. The smallest absolute Gasteiger partial charge is 0.319 e. The highest BCUT2D eigenvalue weighted by Crippen LogP contribution is 2.32. The van der Waals surface area contributed by atoms with Gasteiger partial charge in [-0.3, -0.25) is 9.69 Å². The lowest BCUT2D eigenvalue weighted by molar-refractivity contribution is 0.00994. The first-order valence-corrected chi connectivity index (χ1v) is 13.7. The highest BCUT2D eigenvalue weighted by Gasteiger charge is 2.31. The number of rotatable bonds is 5. The van der Waals surface area contributed by atoms with E-state index in [4.69, 9.17) is 9.47 Å². The summed E-state index contributed by atoms with van der Waals surface area (Å²) in [5, 5.41) is 6.00. The van der Waals surface area contributed by atoms with Crippen LogP contribution in [-0.2, 0) is 4.74 Å². The summed E-state index contributed by atoms with van der Waals surface area (Å²) < 4.78 is 12.1. The molecule has 8 heteroatoms. The second kappa shape index (κ2) is 12.3. The molecule has 8 nitrogen and oxygen atoms in total. The van der Waals surface area contributed by atoms with Crippen LogP contribution in [-0.4, -0.2) is 80.3 Å². The molecule has 1 aliphatic heterocycles. The van der Waals surface area contributed by atoms with Gasteiger partial charge in [0.25, 0.3) is 5.91 Å². The van der Waals surface area contributed by atoms with Crippen LogP contribution < -0.4 is 15.4 Å². The van der Waals surface area contributed by atoms with Crippen LogP contribution in [0.3, 0.4) is 0 Å². The van der Waals surface area contributed by atoms with Crippen molar-refractivity contribution in [3.63, 3.8) is 0 Å². The van der Waals surface area contributed by atoms with Crippen molar-refractivity contribution in [3.05, 3.63) is 23.8 Å². The summed E-state index contributed by atoms with van der Waals surface area (Å²) in [5.41, 5.74) is 1.04. The van der Waals surface area contributed by atoms with Gasteiger partial charge >= 0.3 is 6.03 Å². The molecule has 0 unspecified atom stereocenters. The molecule has 0 bridgehead atoms. The average Bonchev–Trinajstić information content (AvgIpc) is 3.69. The van der Waals surface area contributed by atoms with Crippen molar-refractivity contribution in [2.75, 3.05) is 45.7 Å². The number of hydrogen-bond donors (Lipinski definition) is 2. The van der Waals surface area contributed by atoms with Crippen LogP contribution in [0.5, 0.6) is 5.75 Å². The van der Waals surface area contributed by atoms with Crippen molar-refractivity contribution in [1.82, 2.24) is 15.1 Å². The Morgan fingerprint density at radius 2 is 1.86 bits per heavy atom. The first-order chi connectivity index (χ1) is 17.3. The minimum absolute atomic E-state index is 0.0702. The third-order valence-electron chi connectivity index (χ3n) is 7.96. The molecule has 3 atom stereocenters. The number of likely N-dealkylation sites (N-methyl/N-ethyl adjacent to an activating group) is 1. The van der Waals surface area contributed by atoms with Crippen molar-refractivity contribution >= 4 is 17.6 Å². The third-order valence-corrected chi connectivity index (χ3v) is 7.96. The molecule has 0 aromatic heterocycles. The molecule has 2 fully saturated rings. The number of carbonyl (C=O) groups excluding carboxylic acids is 2. The lowest BCUT2D eigenvalue weighted by atomic mass is 9.96. The molecule has 200 valence electrons. The van der Waals surface area contributed by atoms with E-state index >= 15 is 0 Å². The van der Waals surface area contributed by atoms with Gasteiger partial charge in [-0.15, -0.1) is 0 Å². The quantitative estimate of drug-likeness (QED) is 0.628. The molecular weight excluding hydrogens is 456 g/mol. The van der Waals surface area contributed by atoms with Crippen molar-refractivity contribution in [1.29, 1.82) is 0 Å². The lowest BCUT2D eigenvalue weighted by Gasteiger charge is -2.36. The fraction of sp³-hybridized carbons (Fsp3) is 0.714. The molecule has 36 heavy (non-hydrogen) atoms. The molecule has 1 aromatic carbocycles. The highest BCUT2D eigenvalue weighted by molar-refractivity contribution is 5.99. The number of anilines is 1. The number of amides is 3. The Bertz CT molecular complexity index is 900. The SMILES string of the molecule is CO[C@H]1CN(C)C(=O)c2cc(NC(=O)NC3CCCCC3)ccc2OC[C@@H](C)N(CC2CC2)C[C@H]1C. The van der Waals surface area contributed by atoms with Gasteiger partial charge in [0.15, 0.2) is 0 Å². The molecule has 0 radical (unpaired) electrons. The number of ether oxygens (including phenoxy) is 2. The molecule has 1 aromatic rings. The fourth-order valence-electron chi connectivity index (χ4n) is 5.42. The van der Waals surface area contributed by atoms with E-state index in [9.17, 15) is 9.59 Å². The molecular formula is C28H44N4O4. The van der Waals surface area contributed by atoms with Crippen LogP contribution in [0.25, 0.3) is 0 Å². The maximum atomic E-state index is 13.5. The topological polar surface area (TPSA) is 83.1 Å². The summed E-state index contributed by atoms with van der Waals surface area (Å²) in [4.78, 5) is 30.4. The van der Waals surface area contributed by atoms with E-state index in [2.05, 4.69) is 29.4 Å². The van der Waals surface area contributed by atoms with Gasteiger partial charge < -0.3 is 25.0 Å². The minimum Gasteiger partial charge on any atom is -0.491 e. The largest absolute Gasteiger partial charge is 0.491 e. The molecule has 3 amide bonds. The Labute approximate surface area is 216 Å². The highest BCUT2D eigenvalue weighted by atomic mass is 16.5. The number of hydrogen-bond acceptors (Lipinski definition) is 5. The van der Waals surface area contributed by atoms with E-state index in [1.165, 1.54) is 19.3 Å². The van der Waals surface area contributed by atoms with Gasteiger partial charge in [0.2, 0.25) is 0 Å². The molecule has 2 aliphatic carbocycles. The van der Waals surface area contributed by atoms with Crippen molar-refractivity contribution in [2.45, 2.75) is 77.0 Å². The molecule has 2 saturated carbocycles. The van der Waals surface area contributed by atoms with Crippen LogP contribution in [0.15, 0.2) is 18.2 Å². The maximum absolute atomic E-state index is 13.5. The molecule has 3 aliphatic rings. The Morgan fingerprint density at radius 1 is 1.11 bits per heavy atom. The zero-order valence-corrected chi connectivity index (χ0v) is 22.4. The second-order valence-corrected chi connectivity index (χ2v) is 11.1. The summed E-state index contributed by atoms with van der Waals surface area (Å²) in [6.07, 6.45) is 8.11. The summed E-state index contributed by atoms with van der Waals surface area (Å²) in [6.45, 7) is 7.37. The van der Waals surface area contributed by atoms with E-state index in [-0.39, 0.29) is 36.0 Å². The van der Waals surface area contributed by atoms with Gasteiger partial charge in [-0.25, -0.2) is 4.79 Å². The average molecular weight is 501 g/mol. The zero-order valence-electron chi connectivity index (χ0n) is 22.4. The van der Waals surface area contributed by atoms with Crippen LogP contribution in [0, 0.1) is 11.8 Å². The van der Waals surface area contributed by atoms with Crippen LogP contribution >= 0.6 is 0 Å². The number of methoxy groups -OCH3 is 1. The van der Waals surface area contributed by atoms with Crippen LogP contribution in [0.1, 0.15) is 69.2 Å². The minimum atomic E-state index is -0.227. The van der Waals surface area contributed by atoms with Gasteiger partial charge in [0.05, 0.1) is 11.7 Å². The molecule has 0 saturated heterocycles. The summed E-state index contributed by atoms with van der Waals surface area (Å²) in [6, 6.07) is 5.55. The predicted octanol–water partition coefficient (Wildman–Crippen LogP) is 4.36. The van der Waals surface area contributed by atoms with Gasteiger partial charge in [0.1, 0.15) is 12.4 Å². The van der Waals surface area contributed by atoms with Crippen molar-refractivity contribution in [3.8, 4) is 5.75 Å². The Balaban J connectivity index is 1.53. The zero-order chi connectivity index (χ0) is 25.7. The van der Waals surface area contributed by atoms with Crippen LogP contribution in [0.4, 0.5) is 10.5 Å². The Morgan fingerprint density at radius 3 is 2.56 bits per heavy atom. The predicted molar refractivity (Wildman–Crippen MR) is 142 cm³/mol.